The van der Waals surface area contributed by atoms with Gasteiger partial charge in [0, 0.05) is 35.3 Å². The average Bonchev–Trinajstić information content (AvgIpc) is 2.56. The highest BCUT2D eigenvalue weighted by atomic mass is 35.5. The van der Waals surface area contributed by atoms with E-state index in [4.69, 9.17) is 11.6 Å². The van der Waals surface area contributed by atoms with E-state index in [9.17, 15) is 4.79 Å². The van der Waals surface area contributed by atoms with Crippen LogP contribution in [0.25, 0.3) is 0 Å². The van der Waals surface area contributed by atoms with Crippen LogP contribution < -0.4 is 4.90 Å². The SMILES string of the molecule is [CH2]c1ccccc1N1CCC(C(=O)c2ccc(Cl)cc2)CC1. The van der Waals surface area contributed by atoms with E-state index in [1.165, 1.54) is 5.69 Å². The van der Waals surface area contributed by atoms with Gasteiger partial charge in [-0.25, -0.2) is 0 Å². The van der Waals surface area contributed by atoms with Crippen molar-refractivity contribution < 1.29 is 4.79 Å². The van der Waals surface area contributed by atoms with Crippen molar-refractivity contribution in [3.05, 3.63) is 71.6 Å². The maximum Gasteiger partial charge on any atom is 0.166 e. The van der Waals surface area contributed by atoms with Crippen molar-refractivity contribution in [2.75, 3.05) is 18.0 Å². The summed E-state index contributed by atoms with van der Waals surface area (Å²) in [5, 5.41) is 0.665. The van der Waals surface area contributed by atoms with Gasteiger partial charge < -0.3 is 4.90 Å². The monoisotopic (exact) mass is 312 g/mol. The van der Waals surface area contributed by atoms with E-state index in [2.05, 4.69) is 17.9 Å². The number of carbonyl (C=O) groups excluding carboxylic acids is 1. The number of para-hydroxylation sites is 1. The van der Waals surface area contributed by atoms with Gasteiger partial charge in [0.25, 0.3) is 0 Å². The predicted molar refractivity (Wildman–Crippen MR) is 91.6 cm³/mol. The number of hydrogen-bond acceptors (Lipinski definition) is 2. The molecule has 0 saturated carbocycles. The lowest BCUT2D eigenvalue weighted by molar-refractivity contribution is 0.0900. The van der Waals surface area contributed by atoms with Gasteiger partial charge in [-0.1, -0.05) is 29.8 Å². The molecule has 1 radical (unpaired) electrons. The van der Waals surface area contributed by atoms with Crippen molar-refractivity contribution in [3.63, 3.8) is 0 Å². The quantitative estimate of drug-likeness (QED) is 0.771. The van der Waals surface area contributed by atoms with E-state index < -0.39 is 0 Å². The fourth-order valence-electron chi connectivity index (χ4n) is 3.05. The molecular weight excluding hydrogens is 294 g/mol. The van der Waals surface area contributed by atoms with Crippen molar-refractivity contribution in [1.82, 2.24) is 0 Å². The van der Waals surface area contributed by atoms with Gasteiger partial charge in [-0.15, -0.1) is 0 Å². The number of carbonyl (C=O) groups is 1. The molecule has 0 aromatic heterocycles. The second-order valence-electron chi connectivity index (χ2n) is 5.76. The molecule has 0 amide bonds. The molecule has 0 N–H and O–H groups in total. The molecular formula is C19H19ClNO. The van der Waals surface area contributed by atoms with Crippen LogP contribution in [0.15, 0.2) is 48.5 Å². The Balaban J connectivity index is 1.65. The molecule has 0 spiro atoms. The van der Waals surface area contributed by atoms with Gasteiger partial charge in [0.2, 0.25) is 0 Å². The second kappa shape index (κ2) is 6.53. The number of ketones is 1. The third kappa shape index (κ3) is 3.17. The first-order valence-electron chi connectivity index (χ1n) is 7.61. The number of Topliss-reactive ketones (excluding diaryl/α,β-unsaturated/α-hetero) is 1. The Bertz CT molecular complexity index is 657. The van der Waals surface area contributed by atoms with Gasteiger partial charge in [-0.05, 0) is 55.7 Å². The van der Waals surface area contributed by atoms with Crippen LogP contribution in [0, 0.1) is 12.8 Å². The van der Waals surface area contributed by atoms with Crippen LogP contribution in [0.4, 0.5) is 5.69 Å². The molecule has 0 bridgehead atoms. The molecule has 1 aliphatic rings. The van der Waals surface area contributed by atoms with Crippen LogP contribution in [-0.4, -0.2) is 18.9 Å². The first-order valence-corrected chi connectivity index (χ1v) is 7.98. The Morgan fingerprint density at radius 1 is 1.05 bits per heavy atom. The highest BCUT2D eigenvalue weighted by Gasteiger charge is 2.26. The van der Waals surface area contributed by atoms with Gasteiger partial charge in [-0.3, -0.25) is 4.79 Å². The molecule has 0 atom stereocenters. The van der Waals surface area contributed by atoms with E-state index in [-0.39, 0.29) is 11.7 Å². The molecule has 3 rings (SSSR count). The van der Waals surface area contributed by atoms with Crippen molar-refractivity contribution in [1.29, 1.82) is 0 Å². The minimum Gasteiger partial charge on any atom is -0.371 e. The van der Waals surface area contributed by atoms with Crippen LogP contribution >= 0.6 is 11.6 Å². The average molecular weight is 313 g/mol. The molecule has 2 aromatic rings. The first-order chi connectivity index (χ1) is 10.6. The number of nitrogens with zero attached hydrogens (tertiary/aromatic N) is 1. The van der Waals surface area contributed by atoms with E-state index in [0.717, 1.165) is 37.1 Å². The molecule has 22 heavy (non-hydrogen) atoms. The summed E-state index contributed by atoms with van der Waals surface area (Å²) >= 11 is 5.88. The zero-order valence-corrected chi connectivity index (χ0v) is 13.2. The molecule has 1 heterocycles. The standard InChI is InChI=1S/C19H19ClNO/c1-14-4-2-3-5-18(14)21-12-10-16(11-13-21)19(22)15-6-8-17(20)9-7-15/h2-9,16H,1,10-13H2. The Morgan fingerprint density at radius 3 is 2.32 bits per heavy atom. The fraction of sp³-hybridized carbons (Fsp3) is 0.263. The first kappa shape index (κ1) is 15.1. The van der Waals surface area contributed by atoms with Crippen molar-refractivity contribution in [2.24, 2.45) is 5.92 Å². The minimum atomic E-state index is 0.106. The minimum absolute atomic E-state index is 0.106. The van der Waals surface area contributed by atoms with Crippen LogP contribution in [0.5, 0.6) is 0 Å². The number of halogens is 1. The Labute approximate surface area is 136 Å². The molecule has 0 aliphatic carbocycles. The molecule has 0 unspecified atom stereocenters. The number of benzene rings is 2. The summed E-state index contributed by atoms with van der Waals surface area (Å²) in [7, 11) is 0. The molecule has 3 heteroatoms. The summed E-state index contributed by atoms with van der Waals surface area (Å²) in [6.07, 6.45) is 1.77. The Kier molecular flexibility index (Phi) is 4.49. The number of anilines is 1. The van der Waals surface area contributed by atoms with Crippen LogP contribution in [0.1, 0.15) is 28.8 Å². The van der Waals surface area contributed by atoms with Crippen molar-refractivity contribution in [3.8, 4) is 0 Å². The maximum absolute atomic E-state index is 12.5. The van der Waals surface area contributed by atoms with Gasteiger partial charge in [0.1, 0.15) is 0 Å². The smallest absolute Gasteiger partial charge is 0.166 e. The summed E-state index contributed by atoms with van der Waals surface area (Å²) in [6.45, 7) is 5.88. The summed E-state index contributed by atoms with van der Waals surface area (Å²) in [4.78, 5) is 14.9. The fourth-order valence-corrected chi connectivity index (χ4v) is 3.18. The summed E-state index contributed by atoms with van der Waals surface area (Å²) in [5.41, 5.74) is 2.99. The topological polar surface area (TPSA) is 20.3 Å². The molecule has 1 aliphatic heterocycles. The third-order valence-corrected chi connectivity index (χ3v) is 4.58. The number of hydrogen-bond donors (Lipinski definition) is 0. The van der Waals surface area contributed by atoms with Gasteiger partial charge >= 0.3 is 0 Å². The summed E-state index contributed by atoms with van der Waals surface area (Å²) in [5.74, 6) is 0.341. The largest absolute Gasteiger partial charge is 0.371 e. The van der Waals surface area contributed by atoms with E-state index in [1.807, 2.05) is 30.3 Å². The highest BCUT2D eigenvalue weighted by Crippen LogP contribution is 2.28. The predicted octanol–water partition coefficient (Wildman–Crippen LogP) is 4.62. The molecule has 2 aromatic carbocycles. The van der Waals surface area contributed by atoms with Crippen LogP contribution in [0.3, 0.4) is 0 Å². The normalized spacial score (nSPS) is 15.8. The molecule has 1 fully saturated rings. The third-order valence-electron chi connectivity index (χ3n) is 4.33. The van der Waals surface area contributed by atoms with Crippen LogP contribution in [-0.2, 0) is 0 Å². The lowest BCUT2D eigenvalue weighted by Gasteiger charge is -2.34. The van der Waals surface area contributed by atoms with Crippen molar-refractivity contribution in [2.45, 2.75) is 12.8 Å². The zero-order chi connectivity index (χ0) is 15.5. The van der Waals surface area contributed by atoms with E-state index in [1.54, 1.807) is 12.1 Å². The molecule has 113 valence electrons. The lowest BCUT2D eigenvalue weighted by Crippen LogP contribution is -2.36. The number of rotatable bonds is 3. The van der Waals surface area contributed by atoms with Crippen LogP contribution in [0.2, 0.25) is 5.02 Å². The molecule has 2 nitrogen and oxygen atoms in total. The lowest BCUT2D eigenvalue weighted by atomic mass is 9.88. The van der Waals surface area contributed by atoms with E-state index >= 15 is 0 Å². The molecule has 1 saturated heterocycles. The second-order valence-corrected chi connectivity index (χ2v) is 6.20. The van der Waals surface area contributed by atoms with Gasteiger partial charge in [0.05, 0.1) is 0 Å². The number of piperidine rings is 1. The van der Waals surface area contributed by atoms with Crippen molar-refractivity contribution >= 4 is 23.1 Å². The van der Waals surface area contributed by atoms with Gasteiger partial charge in [-0.2, -0.15) is 0 Å². The van der Waals surface area contributed by atoms with Gasteiger partial charge in [0.15, 0.2) is 5.78 Å². The summed E-state index contributed by atoms with van der Waals surface area (Å²) in [6, 6.07) is 15.4. The Hall–Kier alpha value is -1.80. The highest BCUT2D eigenvalue weighted by molar-refractivity contribution is 6.30. The maximum atomic E-state index is 12.5. The zero-order valence-electron chi connectivity index (χ0n) is 12.5. The summed E-state index contributed by atoms with van der Waals surface area (Å²) < 4.78 is 0. The van der Waals surface area contributed by atoms with E-state index in [0.29, 0.717) is 5.02 Å². The Morgan fingerprint density at radius 2 is 1.68 bits per heavy atom.